The summed E-state index contributed by atoms with van der Waals surface area (Å²) in [6.07, 6.45) is 0. The van der Waals surface area contributed by atoms with Gasteiger partial charge in [0.25, 0.3) is 5.91 Å². The predicted molar refractivity (Wildman–Crippen MR) is 53.2 cm³/mol. The van der Waals surface area contributed by atoms with Gasteiger partial charge < -0.3 is 0 Å². The van der Waals surface area contributed by atoms with Gasteiger partial charge in [-0.1, -0.05) is 0 Å². The zero-order chi connectivity index (χ0) is 10.7. The highest BCUT2D eigenvalue weighted by molar-refractivity contribution is 9.10. The number of hydrogen-bond acceptors (Lipinski definition) is 2. The van der Waals surface area contributed by atoms with Crippen molar-refractivity contribution >= 4 is 21.8 Å². The van der Waals surface area contributed by atoms with Crippen molar-refractivity contribution in [2.75, 3.05) is 14.2 Å². The van der Waals surface area contributed by atoms with E-state index in [4.69, 9.17) is 4.84 Å². The standard InChI is InChI=1S/C9H9BrFNO2/c1-12(14-2)9(13)7-4-3-6(11)5-8(7)10/h3-5H,1-2H3. The molecule has 0 aliphatic heterocycles. The van der Waals surface area contributed by atoms with Crippen LogP contribution in [-0.4, -0.2) is 25.1 Å². The van der Waals surface area contributed by atoms with E-state index in [-0.39, 0.29) is 5.91 Å². The first kappa shape index (κ1) is 11.1. The second-order valence-corrected chi connectivity index (χ2v) is 3.46. The molecule has 5 heteroatoms. The second-order valence-electron chi connectivity index (χ2n) is 2.61. The van der Waals surface area contributed by atoms with E-state index in [0.29, 0.717) is 10.0 Å². The smallest absolute Gasteiger partial charge is 0.274 e. The number of hydrogen-bond donors (Lipinski definition) is 0. The lowest BCUT2D eigenvalue weighted by atomic mass is 10.2. The van der Waals surface area contributed by atoms with Crippen molar-refractivity contribution in [3.05, 3.63) is 34.1 Å². The van der Waals surface area contributed by atoms with E-state index < -0.39 is 5.82 Å². The van der Waals surface area contributed by atoms with Crippen LogP contribution in [0.15, 0.2) is 22.7 Å². The molecule has 76 valence electrons. The molecule has 0 aliphatic carbocycles. The quantitative estimate of drug-likeness (QED) is 0.765. The molecule has 3 nitrogen and oxygen atoms in total. The number of hydroxylamine groups is 2. The van der Waals surface area contributed by atoms with Gasteiger partial charge in [-0.15, -0.1) is 0 Å². The molecular weight excluding hydrogens is 253 g/mol. The van der Waals surface area contributed by atoms with E-state index in [2.05, 4.69) is 15.9 Å². The fourth-order valence-electron chi connectivity index (χ4n) is 0.915. The molecule has 1 amide bonds. The van der Waals surface area contributed by atoms with Crippen LogP contribution in [0.5, 0.6) is 0 Å². The third-order valence-corrected chi connectivity index (χ3v) is 2.38. The highest BCUT2D eigenvalue weighted by Gasteiger charge is 2.14. The molecule has 0 heterocycles. The molecule has 1 aromatic rings. The summed E-state index contributed by atoms with van der Waals surface area (Å²) in [5, 5.41) is 1.07. The number of amides is 1. The van der Waals surface area contributed by atoms with E-state index in [0.717, 1.165) is 5.06 Å². The zero-order valence-electron chi connectivity index (χ0n) is 7.75. The number of benzene rings is 1. The number of rotatable bonds is 2. The summed E-state index contributed by atoms with van der Waals surface area (Å²) in [5.74, 6) is -0.729. The lowest BCUT2D eigenvalue weighted by Crippen LogP contribution is -2.25. The van der Waals surface area contributed by atoms with Crippen molar-refractivity contribution in [2.24, 2.45) is 0 Å². The Kier molecular flexibility index (Phi) is 3.60. The Labute approximate surface area is 89.5 Å². The van der Waals surface area contributed by atoms with Crippen LogP contribution in [-0.2, 0) is 4.84 Å². The normalized spacial score (nSPS) is 10.0. The van der Waals surface area contributed by atoms with Crippen molar-refractivity contribution in [1.82, 2.24) is 5.06 Å². The molecule has 0 aromatic heterocycles. The van der Waals surface area contributed by atoms with Crippen molar-refractivity contribution in [1.29, 1.82) is 0 Å². The maximum Gasteiger partial charge on any atom is 0.278 e. The zero-order valence-corrected chi connectivity index (χ0v) is 9.34. The Morgan fingerprint density at radius 1 is 1.57 bits per heavy atom. The van der Waals surface area contributed by atoms with Crippen molar-refractivity contribution in [3.8, 4) is 0 Å². The van der Waals surface area contributed by atoms with Gasteiger partial charge in [-0.2, -0.15) is 0 Å². The molecular formula is C9H9BrFNO2. The molecule has 0 aliphatic rings. The summed E-state index contributed by atoms with van der Waals surface area (Å²) in [4.78, 5) is 16.3. The molecule has 1 rings (SSSR count). The molecule has 0 spiro atoms. The maximum atomic E-state index is 12.7. The van der Waals surface area contributed by atoms with Gasteiger partial charge >= 0.3 is 0 Å². The van der Waals surface area contributed by atoms with Gasteiger partial charge in [-0.25, -0.2) is 9.45 Å². The number of carbonyl (C=O) groups excluding carboxylic acids is 1. The topological polar surface area (TPSA) is 29.5 Å². The SMILES string of the molecule is CON(C)C(=O)c1ccc(F)cc1Br. The van der Waals surface area contributed by atoms with E-state index in [1.165, 1.54) is 32.4 Å². The van der Waals surface area contributed by atoms with E-state index in [9.17, 15) is 9.18 Å². The number of halogens is 2. The maximum absolute atomic E-state index is 12.7. The summed E-state index contributed by atoms with van der Waals surface area (Å²) in [5.41, 5.74) is 0.357. The van der Waals surface area contributed by atoms with Crippen LogP contribution >= 0.6 is 15.9 Å². The van der Waals surface area contributed by atoms with Gasteiger partial charge in [0.1, 0.15) is 5.82 Å². The predicted octanol–water partition coefficient (Wildman–Crippen LogP) is 2.22. The first-order valence-electron chi connectivity index (χ1n) is 3.83. The Hall–Kier alpha value is -0.940. The average Bonchev–Trinajstić information content (AvgIpc) is 2.15. The minimum atomic E-state index is -0.395. The molecule has 14 heavy (non-hydrogen) atoms. The summed E-state index contributed by atoms with van der Waals surface area (Å²) in [6.45, 7) is 0. The molecule has 1 aromatic carbocycles. The van der Waals surface area contributed by atoms with Gasteiger partial charge in [0.15, 0.2) is 0 Å². The lowest BCUT2D eigenvalue weighted by Gasteiger charge is -2.14. The number of carbonyl (C=O) groups is 1. The summed E-state index contributed by atoms with van der Waals surface area (Å²) < 4.78 is 13.1. The fraction of sp³-hybridized carbons (Fsp3) is 0.222. The van der Waals surface area contributed by atoms with Crippen LogP contribution in [0.3, 0.4) is 0 Å². The molecule has 0 saturated carbocycles. The molecule has 0 fully saturated rings. The van der Waals surface area contributed by atoms with Crippen LogP contribution in [0, 0.1) is 5.82 Å². The van der Waals surface area contributed by atoms with Gasteiger partial charge in [0.05, 0.1) is 12.7 Å². The van der Waals surface area contributed by atoms with Crippen LogP contribution in [0.4, 0.5) is 4.39 Å². The Morgan fingerprint density at radius 3 is 2.71 bits per heavy atom. The first-order chi connectivity index (χ1) is 6.56. The van der Waals surface area contributed by atoms with Gasteiger partial charge in [0.2, 0.25) is 0 Å². The molecule has 0 atom stereocenters. The van der Waals surface area contributed by atoms with Gasteiger partial charge in [0, 0.05) is 11.5 Å². The van der Waals surface area contributed by atoms with Gasteiger partial charge in [-0.05, 0) is 34.1 Å². The van der Waals surface area contributed by atoms with E-state index in [1.807, 2.05) is 0 Å². The molecule has 0 radical (unpaired) electrons. The minimum Gasteiger partial charge on any atom is -0.274 e. The van der Waals surface area contributed by atoms with Crippen molar-refractivity contribution in [2.45, 2.75) is 0 Å². The summed E-state index contributed by atoms with van der Waals surface area (Å²) in [6, 6.07) is 3.86. The highest BCUT2D eigenvalue weighted by Crippen LogP contribution is 2.19. The van der Waals surface area contributed by atoms with E-state index >= 15 is 0 Å². The average molecular weight is 262 g/mol. The van der Waals surface area contributed by atoms with Gasteiger partial charge in [-0.3, -0.25) is 9.63 Å². The first-order valence-corrected chi connectivity index (χ1v) is 4.62. The third-order valence-electron chi connectivity index (χ3n) is 1.72. The Morgan fingerprint density at radius 2 is 2.21 bits per heavy atom. The number of nitrogens with zero attached hydrogens (tertiary/aromatic N) is 1. The monoisotopic (exact) mass is 261 g/mol. The Balaban J connectivity index is 3.02. The lowest BCUT2D eigenvalue weighted by molar-refractivity contribution is -0.0757. The molecule has 0 N–H and O–H groups in total. The fourth-order valence-corrected chi connectivity index (χ4v) is 1.44. The molecule has 0 bridgehead atoms. The second kappa shape index (κ2) is 4.52. The van der Waals surface area contributed by atoms with Crippen LogP contribution < -0.4 is 0 Å². The van der Waals surface area contributed by atoms with Crippen LogP contribution in [0.2, 0.25) is 0 Å². The third kappa shape index (κ3) is 2.30. The largest absolute Gasteiger partial charge is 0.278 e. The van der Waals surface area contributed by atoms with Crippen LogP contribution in [0.25, 0.3) is 0 Å². The summed E-state index contributed by atoms with van der Waals surface area (Å²) >= 11 is 3.10. The molecule has 0 unspecified atom stereocenters. The Bertz CT molecular complexity index is 357. The van der Waals surface area contributed by atoms with Crippen molar-refractivity contribution < 1.29 is 14.0 Å². The summed E-state index contributed by atoms with van der Waals surface area (Å²) in [7, 11) is 2.87. The molecule has 0 saturated heterocycles. The van der Waals surface area contributed by atoms with E-state index in [1.54, 1.807) is 0 Å². The highest BCUT2D eigenvalue weighted by atomic mass is 79.9. The minimum absolute atomic E-state index is 0.334. The van der Waals surface area contributed by atoms with Crippen LogP contribution in [0.1, 0.15) is 10.4 Å². The van der Waals surface area contributed by atoms with Crippen molar-refractivity contribution in [3.63, 3.8) is 0 Å².